The van der Waals surface area contributed by atoms with Gasteiger partial charge in [-0.2, -0.15) is 0 Å². The van der Waals surface area contributed by atoms with Crippen LogP contribution in [0.5, 0.6) is 0 Å². The summed E-state index contributed by atoms with van der Waals surface area (Å²) in [5.41, 5.74) is 0.235. The maximum atomic E-state index is 13.1. The first kappa shape index (κ1) is 24.9. The van der Waals surface area contributed by atoms with Crippen molar-refractivity contribution in [3.8, 4) is 0 Å². The van der Waals surface area contributed by atoms with Crippen molar-refractivity contribution in [1.82, 2.24) is 9.80 Å². The van der Waals surface area contributed by atoms with E-state index in [1.807, 2.05) is 46.4 Å². The number of nitrogens with zero attached hydrogens (tertiary/aromatic N) is 2. The molecule has 0 spiro atoms. The molecule has 1 saturated carbocycles. The average Bonchev–Trinajstić information content (AvgIpc) is 3.44. The van der Waals surface area contributed by atoms with Gasteiger partial charge in [0.05, 0.1) is 0 Å². The van der Waals surface area contributed by atoms with E-state index in [-0.39, 0.29) is 18.2 Å². The third-order valence-corrected chi connectivity index (χ3v) is 6.33. The largest absolute Gasteiger partial charge is 0.444 e. The fourth-order valence-corrected chi connectivity index (χ4v) is 4.43. The van der Waals surface area contributed by atoms with Crippen molar-refractivity contribution in [2.45, 2.75) is 84.0 Å². The minimum absolute atomic E-state index is 0.162. The van der Waals surface area contributed by atoms with Gasteiger partial charge < -0.3 is 19.3 Å². The molecule has 1 aliphatic heterocycles. The van der Waals surface area contributed by atoms with Gasteiger partial charge in [-0.05, 0) is 84.4 Å². The third-order valence-electron chi connectivity index (χ3n) is 5.80. The van der Waals surface area contributed by atoms with Crippen LogP contribution in [0.1, 0.15) is 72.3 Å². The molecule has 2 aliphatic rings. The molecule has 0 aromatic heterocycles. The van der Waals surface area contributed by atoms with E-state index >= 15 is 0 Å². The van der Waals surface area contributed by atoms with Gasteiger partial charge in [0.15, 0.2) is 0 Å². The van der Waals surface area contributed by atoms with Crippen LogP contribution in [0.3, 0.4) is 0 Å². The lowest BCUT2D eigenvalue weighted by Crippen LogP contribution is -2.46. The summed E-state index contributed by atoms with van der Waals surface area (Å²) in [5, 5.41) is 0. The summed E-state index contributed by atoms with van der Waals surface area (Å²) in [6, 6.07) is 8.52. The predicted octanol–water partition coefficient (Wildman–Crippen LogP) is 6.19. The summed E-state index contributed by atoms with van der Waals surface area (Å²) < 4.78 is 12.3. The van der Waals surface area contributed by atoms with Crippen LogP contribution < -0.4 is 0 Å². The Morgan fingerprint density at radius 2 is 1.56 bits per heavy atom. The highest BCUT2D eigenvalue weighted by Gasteiger charge is 2.46. The van der Waals surface area contributed by atoms with E-state index in [1.54, 1.807) is 4.90 Å². The minimum atomic E-state index is -0.530. The number of hydrogen-bond donors (Lipinski definition) is 0. The van der Waals surface area contributed by atoms with Crippen LogP contribution in [-0.2, 0) is 9.47 Å². The molecule has 2 amide bonds. The van der Waals surface area contributed by atoms with Crippen molar-refractivity contribution in [2.24, 2.45) is 5.92 Å². The Balaban J connectivity index is 1.62. The molecular formula is C25H37BrN2O4. The lowest BCUT2D eigenvalue weighted by Gasteiger charge is -2.36. The Morgan fingerprint density at radius 3 is 2.09 bits per heavy atom. The molecule has 0 bridgehead atoms. The summed E-state index contributed by atoms with van der Waals surface area (Å²) >= 11 is 3.49. The third kappa shape index (κ3) is 7.12. The first-order chi connectivity index (χ1) is 14.8. The number of carbonyl (C=O) groups is 2. The van der Waals surface area contributed by atoms with Gasteiger partial charge in [0.2, 0.25) is 0 Å². The van der Waals surface area contributed by atoms with E-state index in [0.717, 1.165) is 23.7 Å². The van der Waals surface area contributed by atoms with Gasteiger partial charge in [-0.25, -0.2) is 9.59 Å². The van der Waals surface area contributed by atoms with E-state index in [1.165, 1.54) is 5.56 Å². The number of carbonyl (C=O) groups excluding carboxylic acids is 2. The Hall–Kier alpha value is -1.76. The maximum absolute atomic E-state index is 13.1. The number of amides is 2. The van der Waals surface area contributed by atoms with Crippen molar-refractivity contribution < 1.29 is 19.1 Å². The van der Waals surface area contributed by atoms with Crippen LogP contribution in [0, 0.1) is 5.92 Å². The van der Waals surface area contributed by atoms with E-state index in [4.69, 9.17) is 9.47 Å². The number of likely N-dealkylation sites (tertiary alicyclic amines) is 1. The van der Waals surface area contributed by atoms with Gasteiger partial charge >= 0.3 is 12.2 Å². The first-order valence-corrected chi connectivity index (χ1v) is 12.3. The predicted molar refractivity (Wildman–Crippen MR) is 129 cm³/mol. The Labute approximate surface area is 200 Å². The van der Waals surface area contributed by atoms with Crippen molar-refractivity contribution in [2.75, 3.05) is 19.6 Å². The molecule has 0 N–H and O–H groups in total. The SMILES string of the molecule is CC(C)(C)OC(=O)N1CCC(CN(C(=O)OC(C)(C)C)C2CC2c2ccc(Br)cc2)CC1. The molecular weight excluding hydrogens is 472 g/mol. The molecule has 2 unspecified atom stereocenters. The van der Waals surface area contributed by atoms with Crippen molar-refractivity contribution >= 4 is 28.1 Å². The first-order valence-electron chi connectivity index (χ1n) is 11.6. The molecule has 6 nitrogen and oxygen atoms in total. The van der Waals surface area contributed by atoms with Crippen molar-refractivity contribution in [1.29, 1.82) is 0 Å². The van der Waals surface area contributed by atoms with Crippen LogP contribution in [-0.4, -0.2) is 58.9 Å². The number of benzene rings is 1. The number of piperidine rings is 1. The zero-order valence-corrected chi connectivity index (χ0v) is 21.8. The zero-order chi connectivity index (χ0) is 23.7. The van der Waals surface area contributed by atoms with Crippen LogP contribution >= 0.6 is 15.9 Å². The van der Waals surface area contributed by atoms with Crippen molar-refractivity contribution in [3.63, 3.8) is 0 Å². The smallest absolute Gasteiger partial charge is 0.410 e. The highest BCUT2D eigenvalue weighted by Crippen LogP contribution is 2.46. The van der Waals surface area contributed by atoms with Crippen LogP contribution in [0.25, 0.3) is 0 Å². The van der Waals surface area contributed by atoms with Gasteiger partial charge in [0, 0.05) is 36.1 Å². The molecule has 1 aromatic carbocycles. The summed E-state index contributed by atoms with van der Waals surface area (Å²) in [6.45, 7) is 13.3. The number of hydrogen-bond acceptors (Lipinski definition) is 4. The summed E-state index contributed by atoms with van der Waals surface area (Å²) in [5.74, 6) is 0.685. The molecule has 0 radical (unpaired) electrons. The second-order valence-corrected chi connectivity index (χ2v) is 11.9. The molecule has 178 valence electrons. The molecule has 2 fully saturated rings. The fourth-order valence-electron chi connectivity index (χ4n) is 4.16. The van der Waals surface area contributed by atoms with Crippen LogP contribution in [0.2, 0.25) is 0 Å². The molecule has 1 aromatic rings. The number of ether oxygens (including phenoxy) is 2. The standard InChI is InChI=1S/C25H37BrN2O4/c1-24(2,3)31-22(29)27-13-11-17(12-14-27)16-28(23(30)32-25(4,5)6)21-15-20(21)18-7-9-19(26)10-8-18/h7-10,17,20-21H,11-16H2,1-6H3. The summed E-state index contributed by atoms with van der Waals surface area (Å²) in [4.78, 5) is 29.2. The van der Waals surface area contributed by atoms with Crippen LogP contribution in [0.4, 0.5) is 9.59 Å². The molecule has 2 atom stereocenters. The number of halogens is 1. The van der Waals surface area contributed by atoms with Crippen LogP contribution in [0.15, 0.2) is 28.7 Å². The lowest BCUT2D eigenvalue weighted by molar-refractivity contribution is 0.00849. The van der Waals surface area contributed by atoms with Gasteiger partial charge in [-0.1, -0.05) is 28.1 Å². The topological polar surface area (TPSA) is 59.1 Å². The molecule has 1 saturated heterocycles. The van der Waals surface area contributed by atoms with E-state index in [9.17, 15) is 9.59 Å². The summed E-state index contributed by atoms with van der Waals surface area (Å²) in [7, 11) is 0. The highest BCUT2D eigenvalue weighted by molar-refractivity contribution is 9.10. The Kier molecular flexibility index (Phi) is 7.48. The molecule has 7 heteroatoms. The quantitative estimate of drug-likeness (QED) is 0.486. The molecule has 1 aliphatic carbocycles. The Morgan fingerprint density at radius 1 is 1.00 bits per heavy atom. The molecule has 3 rings (SSSR count). The van der Waals surface area contributed by atoms with Gasteiger partial charge in [-0.3, -0.25) is 0 Å². The Bertz CT molecular complexity index is 805. The van der Waals surface area contributed by atoms with E-state index < -0.39 is 11.2 Å². The van der Waals surface area contributed by atoms with E-state index in [0.29, 0.717) is 31.5 Å². The van der Waals surface area contributed by atoms with Gasteiger partial charge in [0.1, 0.15) is 11.2 Å². The van der Waals surface area contributed by atoms with Crippen molar-refractivity contribution in [3.05, 3.63) is 34.3 Å². The molecule has 1 heterocycles. The van der Waals surface area contributed by atoms with E-state index in [2.05, 4.69) is 40.2 Å². The summed E-state index contributed by atoms with van der Waals surface area (Å²) in [6.07, 6.45) is 2.18. The lowest BCUT2D eigenvalue weighted by atomic mass is 9.96. The second kappa shape index (κ2) is 9.62. The average molecular weight is 509 g/mol. The second-order valence-electron chi connectivity index (χ2n) is 11.0. The maximum Gasteiger partial charge on any atom is 0.410 e. The minimum Gasteiger partial charge on any atom is -0.444 e. The normalized spacial score (nSPS) is 21.8. The monoisotopic (exact) mass is 508 g/mol. The fraction of sp³-hybridized carbons (Fsp3) is 0.680. The highest BCUT2D eigenvalue weighted by atomic mass is 79.9. The van der Waals surface area contributed by atoms with Gasteiger partial charge in [0.25, 0.3) is 0 Å². The zero-order valence-electron chi connectivity index (χ0n) is 20.2. The number of rotatable bonds is 4. The van der Waals surface area contributed by atoms with Gasteiger partial charge in [-0.15, -0.1) is 0 Å². The molecule has 32 heavy (non-hydrogen) atoms.